The molecule has 1 unspecified atom stereocenters. The van der Waals surface area contributed by atoms with E-state index in [0.717, 1.165) is 15.8 Å². The molecule has 0 bridgehead atoms. The lowest BCUT2D eigenvalue weighted by molar-refractivity contribution is -0.136. The van der Waals surface area contributed by atoms with Crippen molar-refractivity contribution in [3.05, 3.63) is 65.6 Å². The van der Waals surface area contributed by atoms with Crippen LogP contribution in [-0.2, 0) is 4.79 Å². The molecule has 0 aliphatic carbocycles. The highest BCUT2D eigenvalue weighted by Crippen LogP contribution is 2.25. The summed E-state index contributed by atoms with van der Waals surface area (Å²) in [5, 5.41) is 7.62. The lowest BCUT2D eigenvalue weighted by Crippen LogP contribution is -2.10. The summed E-state index contributed by atoms with van der Waals surface area (Å²) in [4.78, 5) is 13.8. The van der Waals surface area contributed by atoms with Crippen LogP contribution in [0.15, 0.2) is 70.0 Å². The van der Waals surface area contributed by atoms with Gasteiger partial charge in [-0.15, -0.1) is 0 Å². The maximum absolute atomic E-state index is 9.85. The second-order valence-electron chi connectivity index (χ2n) is 5.21. The predicted molar refractivity (Wildman–Crippen MR) is 106 cm³/mol. The number of thiol groups is 1. The first-order chi connectivity index (χ1) is 12.0. The van der Waals surface area contributed by atoms with Crippen molar-refractivity contribution in [2.75, 3.05) is 0 Å². The van der Waals surface area contributed by atoms with Crippen molar-refractivity contribution in [1.29, 1.82) is 0 Å². The van der Waals surface area contributed by atoms with Crippen molar-refractivity contribution < 1.29 is 14.3 Å². The normalized spacial score (nSPS) is 11.3. The van der Waals surface area contributed by atoms with E-state index in [1.807, 2.05) is 24.3 Å². The average Bonchev–Trinajstić information content (AvgIpc) is 3.17. The third kappa shape index (κ3) is 5.76. The van der Waals surface area contributed by atoms with Gasteiger partial charge in [0.05, 0.1) is 11.4 Å². The highest BCUT2D eigenvalue weighted by atomic mass is 79.9. The number of nitrogens with zero attached hydrogens (tertiary/aromatic N) is 1. The fourth-order valence-corrected chi connectivity index (χ4v) is 2.27. The van der Waals surface area contributed by atoms with Gasteiger partial charge in [0.2, 0.25) is 0 Å². The SMILES string of the molecule is Brc1ccc(-c2ccc(-c3cnco3)cc2)cc1.CCC(S)C(=O)O. The number of aliphatic carboxylic acids is 1. The number of halogens is 1. The molecule has 4 nitrogen and oxygen atoms in total. The molecule has 0 radical (unpaired) electrons. The Labute approximate surface area is 160 Å². The zero-order chi connectivity index (χ0) is 18.2. The molecule has 0 saturated heterocycles. The maximum Gasteiger partial charge on any atom is 0.316 e. The number of benzene rings is 2. The molecule has 1 atom stereocenters. The number of carboxylic acids is 1. The second-order valence-corrected chi connectivity index (χ2v) is 6.75. The highest BCUT2D eigenvalue weighted by molar-refractivity contribution is 9.10. The summed E-state index contributed by atoms with van der Waals surface area (Å²) in [6.45, 7) is 1.78. The quantitative estimate of drug-likeness (QED) is 0.544. The lowest BCUT2D eigenvalue weighted by atomic mass is 10.0. The number of carboxylic acid groups (broad SMARTS) is 1. The van der Waals surface area contributed by atoms with E-state index in [1.54, 1.807) is 13.1 Å². The Morgan fingerprint density at radius 2 is 1.64 bits per heavy atom. The molecule has 0 spiro atoms. The fraction of sp³-hybridized carbons (Fsp3) is 0.158. The van der Waals surface area contributed by atoms with Gasteiger partial charge in [-0.25, -0.2) is 4.98 Å². The molecule has 2 aromatic carbocycles. The van der Waals surface area contributed by atoms with Gasteiger partial charge in [-0.05, 0) is 29.7 Å². The Hall–Kier alpha value is -2.05. The molecule has 3 aromatic rings. The van der Waals surface area contributed by atoms with E-state index < -0.39 is 11.2 Å². The molecule has 3 rings (SSSR count). The van der Waals surface area contributed by atoms with E-state index in [1.165, 1.54) is 17.5 Å². The van der Waals surface area contributed by atoms with Gasteiger partial charge in [0, 0.05) is 10.0 Å². The number of hydrogen-bond acceptors (Lipinski definition) is 4. The smallest absolute Gasteiger partial charge is 0.316 e. The molecule has 1 N–H and O–H groups in total. The summed E-state index contributed by atoms with van der Waals surface area (Å²) in [6.07, 6.45) is 3.74. The largest absolute Gasteiger partial charge is 0.480 e. The van der Waals surface area contributed by atoms with Crippen molar-refractivity contribution >= 4 is 34.5 Å². The lowest BCUT2D eigenvalue weighted by Gasteiger charge is -2.03. The topological polar surface area (TPSA) is 63.3 Å². The molecule has 0 amide bonds. The Bertz CT molecular complexity index is 787. The standard InChI is InChI=1S/C15H10BrNO.C4H8O2S/c16-14-7-5-12(6-8-14)11-1-3-13(4-2-11)15-9-17-10-18-15;1-2-3(7)4(5)6/h1-10H;3,7H,2H2,1H3,(H,5,6). The molecule has 0 aliphatic heterocycles. The molecule has 25 heavy (non-hydrogen) atoms. The third-order valence-electron chi connectivity index (χ3n) is 3.45. The molecule has 0 saturated carbocycles. The van der Waals surface area contributed by atoms with Crippen molar-refractivity contribution in [3.63, 3.8) is 0 Å². The monoisotopic (exact) mass is 419 g/mol. The zero-order valence-electron chi connectivity index (χ0n) is 13.6. The van der Waals surface area contributed by atoms with Crippen molar-refractivity contribution in [2.24, 2.45) is 0 Å². The van der Waals surface area contributed by atoms with E-state index >= 15 is 0 Å². The van der Waals surface area contributed by atoms with Crippen LogP contribution in [0.25, 0.3) is 22.5 Å². The molecule has 0 aliphatic rings. The molecular formula is C19H18BrNO3S. The van der Waals surface area contributed by atoms with E-state index in [-0.39, 0.29) is 0 Å². The third-order valence-corrected chi connectivity index (χ3v) is 4.57. The molecule has 6 heteroatoms. The number of aromatic nitrogens is 1. The van der Waals surface area contributed by atoms with Crippen molar-refractivity contribution in [2.45, 2.75) is 18.6 Å². The van der Waals surface area contributed by atoms with Gasteiger partial charge < -0.3 is 9.52 Å². The van der Waals surface area contributed by atoms with Gasteiger partial charge in [0.15, 0.2) is 12.2 Å². The Kier molecular flexibility index (Phi) is 7.28. The van der Waals surface area contributed by atoms with Gasteiger partial charge in [0.25, 0.3) is 0 Å². The van der Waals surface area contributed by atoms with Crippen LogP contribution in [0.5, 0.6) is 0 Å². The summed E-state index contributed by atoms with van der Waals surface area (Å²) in [6, 6.07) is 16.5. The first-order valence-corrected chi connectivity index (χ1v) is 8.98. The van der Waals surface area contributed by atoms with E-state index in [9.17, 15) is 4.79 Å². The van der Waals surface area contributed by atoms with Crippen LogP contribution in [0.2, 0.25) is 0 Å². The highest BCUT2D eigenvalue weighted by Gasteiger charge is 2.06. The molecule has 0 fully saturated rings. The Morgan fingerprint density at radius 1 is 1.12 bits per heavy atom. The summed E-state index contributed by atoms with van der Waals surface area (Å²) < 4.78 is 6.35. The van der Waals surface area contributed by atoms with Gasteiger partial charge in [-0.2, -0.15) is 12.6 Å². The van der Waals surface area contributed by atoms with Gasteiger partial charge in [-0.1, -0.05) is 59.3 Å². The average molecular weight is 420 g/mol. The van der Waals surface area contributed by atoms with E-state index in [0.29, 0.717) is 6.42 Å². The van der Waals surface area contributed by atoms with Crippen LogP contribution in [-0.4, -0.2) is 21.3 Å². The van der Waals surface area contributed by atoms with Crippen LogP contribution >= 0.6 is 28.6 Å². The summed E-state index contributed by atoms with van der Waals surface area (Å²) in [5.41, 5.74) is 3.42. The van der Waals surface area contributed by atoms with Crippen LogP contribution in [0, 0.1) is 0 Å². The van der Waals surface area contributed by atoms with Crippen molar-refractivity contribution in [3.8, 4) is 22.5 Å². The number of hydrogen-bond donors (Lipinski definition) is 2. The minimum absolute atomic E-state index is 0.486. The maximum atomic E-state index is 9.85. The van der Waals surface area contributed by atoms with Gasteiger partial charge >= 0.3 is 5.97 Å². The van der Waals surface area contributed by atoms with Gasteiger partial charge in [-0.3, -0.25) is 4.79 Å². The Morgan fingerprint density at radius 3 is 2.04 bits per heavy atom. The first kappa shape index (κ1) is 19.3. The minimum atomic E-state index is -0.842. The molecular weight excluding hydrogens is 402 g/mol. The van der Waals surface area contributed by atoms with Crippen LogP contribution < -0.4 is 0 Å². The Balaban J connectivity index is 0.000000277. The van der Waals surface area contributed by atoms with E-state index in [4.69, 9.17) is 9.52 Å². The molecule has 1 aromatic heterocycles. The number of oxazole rings is 1. The van der Waals surface area contributed by atoms with E-state index in [2.05, 4.69) is 57.8 Å². The molecule has 130 valence electrons. The number of carbonyl (C=O) groups is 1. The van der Waals surface area contributed by atoms with Crippen LogP contribution in [0.4, 0.5) is 0 Å². The second kappa shape index (κ2) is 9.44. The van der Waals surface area contributed by atoms with Crippen LogP contribution in [0.3, 0.4) is 0 Å². The minimum Gasteiger partial charge on any atom is -0.480 e. The summed E-state index contributed by atoms with van der Waals surface area (Å²) in [5.74, 6) is -0.0526. The summed E-state index contributed by atoms with van der Waals surface area (Å²) >= 11 is 7.16. The van der Waals surface area contributed by atoms with Gasteiger partial charge in [0.1, 0.15) is 0 Å². The predicted octanol–water partition coefficient (Wildman–Crippen LogP) is 5.55. The van der Waals surface area contributed by atoms with Crippen molar-refractivity contribution in [1.82, 2.24) is 4.98 Å². The zero-order valence-corrected chi connectivity index (χ0v) is 16.1. The number of rotatable bonds is 4. The summed E-state index contributed by atoms with van der Waals surface area (Å²) in [7, 11) is 0. The first-order valence-electron chi connectivity index (χ1n) is 7.67. The fourth-order valence-electron chi connectivity index (χ4n) is 2.00. The van der Waals surface area contributed by atoms with Crippen LogP contribution in [0.1, 0.15) is 13.3 Å². The molecule has 1 heterocycles.